The minimum absolute atomic E-state index is 0.154. The molecule has 0 fully saturated rings. The molecule has 28 heavy (non-hydrogen) atoms. The Hall–Kier alpha value is -3.06. The molecule has 1 amide bonds. The molecule has 2 aromatic carbocycles. The molecule has 0 unspecified atom stereocenters. The highest BCUT2D eigenvalue weighted by Crippen LogP contribution is 2.22. The fourth-order valence-electron chi connectivity index (χ4n) is 2.50. The van der Waals surface area contributed by atoms with Crippen LogP contribution in [0.2, 0.25) is 0 Å². The molecule has 0 spiro atoms. The van der Waals surface area contributed by atoms with E-state index in [1.807, 2.05) is 37.3 Å². The SMILES string of the molecule is CCCc1cc(=O)[nH]c(SCC(=O)Nc2ccc(Oc3ccccc3)cc2)n1. The summed E-state index contributed by atoms with van der Waals surface area (Å²) >= 11 is 1.20. The average Bonchev–Trinajstić information content (AvgIpc) is 2.69. The van der Waals surface area contributed by atoms with Gasteiger partial charge in [-0.3, -0.25) is 9.59 Å². The number of hydrogen-bond acceptors (Lipinski definition) is 5. The van der Waals surface area contributed by atoms with Gasteiger partial charge in [-0.25, -0.2) is 4.98 Å². The predicted molar refractivity (Wildman–Crippen MR) is 111 cm³/mol. The van der Waals surface area contributed by atoms with Crippen LogP contribution in [0.4, 0.5) is 5.69 Å². The number of nitrogens with one attached hydrogen (secondary N) is 2. The Labute approximate surface area is 167 Å². The monoisotopic (exact) mass is 395 g/mol. The molecule has 0 saturated carbocycles. The molecule has 6 nitrogen and oxygen atoms in total. The molecular formula is C21H21N3O3S. The summed E-state index contributed by atoms with van der Waals surface area (Å²) in [6, 6.07) is 18.1. The molecular weight excluding hydrogens is 374 g/mol. The standard InChI is InChI=1S/C21H21N3O3S/c1-2-6-16-13-19(25)24-21(23-16)28-14-20(26)22-15-9-11-18(12-10-15)27-17-7-4-3-5-8-17/h3-5,7-13H,2,6,14H2,1H3,(H,22,26)(H,23,24,25). The van der Waals surface area contributed by atoms with E-state index in [-0.39, 0.29) is 17.2 Å². The minimum Gasteiger partial charge on any atom is -0.457 e. The molecule has 1 heterocycles. The minimum atomic E-state index is -0.199. The second-order valence-electron chi connectivity index (χ2n) is 6.07. The number of amides is 1. The van der Waals surface area contributed by atoms with Crippen LogP contribution in [-0.2, 0) is 11.2 Å². The Morgan fingerprint density at radius 3 is 2.54 bits per heavy atom. The fourth-order valence-corrected chi connectivity index (χ4v) is 3.19. The van der Waals surface area contributed by atoms with Crippen LogP contribution < -0.4 is 15.6 Å². The van der Waals surface area contributed by atoms with E-state index in [1.165, 1.54) is 17.8 Å². The summed E-state index contributed by atoms with van der Waals surface area (Å²) in [5, 5.41) is 3.28. The zero-order chi connectivity index (χ0) is 19.8. The van der Waals surface area contributed by atoms with Crippen LogP contribution in [0.15, 0.2) is 70.6 Å². The normalized spacial score (nSPS) is 10.5. The first kappa shape index (κ1) is 19.7. The van der Waals surface area contributed by atoms with Gasteiger partial charge in [0.1, 0.15) is 11.5 Å². The van der Waals surface area contributed by atoms with Crippen LogP contribution in [-0.4, -0.2) is 21.6 Å². The Morgan fingerprint density at radius 2 is 1.82 bits per heavy atom. The first-order valence-corrected chi connectivity index (χ1v) is 9.97. The number of carbonyl (C=O) groups is 1. The Balaban J connectivity index is 1.53. The summed E-state index contributed by atoms with van der Waals surface area (Å²) in [6.07, 6.45) is 1.64. The summed E-state index contributed by atoms with van der Waals surface area (Å²) in [5.41, 5.74) is 1.21. The number of aryl methyl sites for hydroxylation is 1. The van der Waals surface area contributed by atoms with Crippen LogP contribution >= 0.6 is 11.8 Å². The molecule has 3 rings (SSSR count). The Kier molecular flexibility index (Phi) is 6.86. The van der Waals surface area contributed by atoms with Crippen LogP contribution in [0.25, 0.3) is 0 Å². The maximum absolute atomic E-state index is 12.2. The third-order valence-electron chi connectivity index (χ3n) is 3.74. The summed E-state index contributed by atoms with van der Waals surface area (Å²) < 4.78 is 5.73. The van der Waals surface area contributed by atoms with Crippen molar-refractivity contribution in [3.05, 3.63) is 76.7 Å². The third kappa shape index (κ3) is 5.99. The molecule has 0 saturated heterocycles. The smallest absolute Gasteiger partial charge is 0.251 e. The number of rotatable bonds is 8. The summed E-state index contributed by atoms with van der Waals surface area (Å²) in [7, 11) is 0. The van der Waals surface area contributed by atoms with Gasteiger partial charge in [0.2, 0.25) is 5.91 Å². The number of benzene rings is 2. The maximum atomic E-state index is 12.2. The van der Waals surface area contributed by atoms with Gasteiger partial charge in [-0.2, -0.15) is 0 Å². The van der Waals surface area contributed by atoms with Crippen LogP contribution in [0.1, 0.15) is 19.0 Å². The van der Waals surface area contributed by atoms with Gasteiger partial charge in [0.15, 0.2) is 5.16 Å². The number of H-pyrrole nitrogens is 1. The number of carbonyl (C=O) groups excluding carboxylic acids is 1. The lowest BCUT2D eigenvalue weighted by Crippen LogP contribution is -2.15. The number of ether oxygens (including phenoxy) is 1. The molecule has 0 radical (unpaired) electrons. The van der Waals surface area contributed by atoms with E-state index in [0.29, 0.717) is 16.6 Å². The molecule has 7 heteroatoms. The first-order chi connectivity index (χ1) is 13.6. The molecule has 3 aromatic rings. The van der Waals surface area contributed by atoms with E-state index in [1.54, 1.807) is 24.3 Å². The highest BCUT2D eigenvalue weighted by Gasteiger charge is 2.07. The number of hydrogen-bond donors (Lipinski definition) is 2. The quantitative estimate of drug-likeness (QED) is 0.440. The lowest BCUT2D eigenvalue weighted by Gasteiger charge is -2.08. The number of aromatic amines is 1. The van der Waals surface area contributed by atoms with E-state index in [0.717, 1.165) is 24.3 Å². The highest BCUT2D eigenvalue weighted by atomic mass is 32.2. The molecule has 0 bridgehead atoms. The van der Waals surface area contributed by atoms with Crippen molar-refractivity contribution in [3.63, 3.8) is 0 Å². The van der Waals surface area contributed by atoms with Crippen molar-refractivity contribution in [2.75, 3.05) is 11.1 Å². The topological polar surface area (TPSA) is 84.1 Å². The second kappa shape index (κ2) is 9.75. The van der Waals surface area contributed by atoms with E-state index < -0.39 is 0 Å². The van der Waals surface area contributed by atoms with Gasteiger partial charge in [-0.05, 0) is 42.8 Å². The van der Waals surface area contributed by atoms with E-state index >= 15 is 0 Å². The Bertz CT molecular complexity index is 972. The van der Waals surface area contributed by atoms with Gasteiger partial charge in [-0.15, -0.1) is 0 Å². The molecule has 0 aliphatic carbocycles. The summed E-state index contributed by atoms with van der Waals surface area (Å²) in [4.78, 5) is 30.9. The van der Waals surface area contributed by atoms with Crippen LogP contribution in [0, 0.1) is 0 Å². The highest BCUT2D eigenvalue weighted by molar-refractivity contribution is 7.99. The van der Waals surface area contributed by atoms with E-state index in [2.05, 4.69) is 15.3 Å². The molecule has 0 atom stereocenters. The van der Waals surface area contributed by atoms with E-state index in [4.69, 9.17) is 4.74 Å². The van der Waals surface area contributed by atoms with E-state index in [9.17, 15) is 9.59 Å². The number of nitrogens with zero attached hydrogens (tertiary/aromatic N) is 1. The van der Waals surface area contributed by atoms with Gasteiger partial charge >= 0.3 is 0 Å². The first-order valence-electron chi connectivity index (χ1n) is 8.98. The molecule has 1 aromatic heterocycles. The van der Waals surface area contributed by atoms with Gasteiger partial charge in [0.25, 0.3) is 5.56 Å². The second-order valence-corrected chi connectivity index (χ2v) is 7.03. The maximum Gasteiger partial charge on any atom is 0.251 e. The zero-order valence-electron chi connectivity index (χ0n) is 15.5. The number of aromatic nitrogens is 2. The van der Waals surface area contributed by atoms with Crippen LogP contribution in [0.3, 0.4) is 0 Å². The van der Waals surface area contributed by atoms with Crippen molar-refractivity contribution < 1.29 is 9.53 Å². The van der Waals surface area contributed by atoms with Gasteiger partial charge in [0.05, 0.1) is 5.75 Å². The van der Waals surface area contributed by atoms with Crippen molar-refractivity contribution in [2.45, 2.75) is 24.9 Å². The predicted octanol–water partition coefficient (Wildman–Crippen LogP) is 4.25. The fraction of sp³-hybridized carbons (Fsp3) is 0.190. The van der Waals surface area contributed by atoms with Crippen molar-refractivity contribution in [2.24, 2.45) is 0 Å². The van der Waals surface area contributed by atoms with Gasteiger partial charge in [0, 0.05) is 17.4 Å². The lowest BCUT2D eigenvalue weighted by atomic mass is 10.2. The zero-order valence-corrected chi connectivity index (χ0v) is 16.3. The van der Waals surface area contributed by atoms with Crippen molar-refractivity contribution in [1.82, 2.24) is 9.97 Å². The molecule has 2 N–H and O–H groups in total. The summed E-state index contributed by atoms with van der Waals surface area (Å²) in [5.74, 6) is 1.42. The van der Waals surface area contributed by atoms with Crippen molar-refractivity contribution in [3.8, 4) is 11.5 Å². The number of para-hydroxylation sites is 1. The van der Waals surface area contributed by atoms with Gasteiger partial charge < -0.3 is 15.0 Å². The molecule has 0 aliphatic rings. The van der Waals surface area contributed by atoms with Gasteiger partial charge in [-0.1, -0.05) is 43.3 Å². The molecule has 144 valence electrons. The number of thioether (sulfide) groups is 1. The molecule has 0 aliphatic heterocycles. The largest absolute Gasteiger partial charge is 0.457 e. The van der Waals surface area contributed by atoms with Crippen molar-refractivity contribution >= 4 is 23.4 Å². The van der Waals surface area contributed by atoms with Crippen LogP contribution in [0.5, 0.6) is 11.5 Å². The average molecular weight is 395 g/mol. The van der Waals surface area contributed by atoms with Crippen molar-refractivity contribution in [1.29, 1.82) is 0 Å². The Morgan fingerprint density at radius 1 is 1.11 bits per heavy atom. The lowest BCUT2D eigenvalue weighted by molar-refractivity contribution is -0.113. The third-order valence-corrected chi connectivity index (χ3v) is 4.61. The number of anilines is 1. The summed E-state index contributed by atoms with van der Waals surface area (Å²) in [6.45, 7) is 2.03.